The molecule has 0 saturated carbocycles. The first kappa shape index (κ1) is 22.6. The normalized spacial score (nSPS) is 11.8. The Kier molecular flexibility index (Phi) is 5.52. The van der Waals surface area contributed by atoms with E-state index in [0.717, 1.165) is 33.0 Å². The molecule has 0 unspecified atom stereocenters. The van der Waals surface area contributed by atoms with Gasteiger partial charge in [0.2, 0.25) is 0 Å². The van der Waals surface area contributed by atoms with Crippen molar-refractivity contribution < 1.29 is 9.53 Å². The third-order valence-electron chi connectivity index (χ3n) is 5.93. The van der Waals surface area contributed by atoms with Gasteiger partial charge in [0.25, 0.3) is 5.56 Å². The van der Waals surface area contributed by atoms with Gasteiger partial charge in [0.15, 0.2) is 0 Å². The van der Waals surface area contributed by atoms with E-state index in [2.05, 4.69) is 4.98 Å². The minimum atomic E-state index is -0.645. The molecule has 176 valence electrons. The quantitative estimate of drug-likeness (QED) is 0.320. The molecule has 0 aliphatic carbocycles. The molecule has 0 atom stereocenters. The Morgan fingerprint density at radius 1 is 0.971 bits per heavy atom. The van der Waals surface area contributed by atoms with Crippen LogP contribution in [0, 0.1) is 6.92 Å². The van der Waals surface area contributed by atoms with E-state index < -0.39 is 11.7 Å². The van der Waals surface area contributed by atoms with E-state index in [9.17, 15) is 9.59 Å². The molecule has 3 heterocycles. The Morgan fingerprint density at radius 3 is 2.49 bits per heavy atom. The monoisotopic (exact) mass is 465 g/mol. The number of carbonyl (C=O) groups is 1. The highest BCUT2D eigenvalue weighted by molar-refractivity contribution is 5.95. The number of hydrogen-bond donors (Lipinski definition) is 0. The van der Waals surface area contributed by atoms with Crippen molar-refractivity contribution in [2.24, 2.45) is 0 Å². The summed E-state index contributed by atoms with van der Waals surface area (Å²) in [7, 11) is 0. The van der Waals surface area contributed by atoms with Crippen molar-refractivity contribution in [1.29, 1.82) is 0 Å². The molecule has 3 aromatic heterocycles. The van der Waals surface area contributed by atoms with Crippen LogP contribution in [0.5, 0.6) is 0 Å². The molecule has 0 saturated heterocycles. The first-order chi connectivity index (χ1) is 16.7. The minimum Gasteiger partial charge on any atom is -0.443 e. The van der Waals surface area contributed by atoms with E-state index in [1.807, 2.05) is 88.4 Å². The van der Waals surface area contributed by atoms with Gasteiger partial charge < -0.3 is 9.30 Å². The van der Waals surface area contributed by atoms with Crippen LogP contribution in [0.15, 0.2) is 84.0 Å². The van der Waals surface area contributed by atoms with Gasteiger partial charge in [-0.25, -0.2) is 9.36 Å². The number of aromatic nitrogens is 3. The fourth-order valence-electron chi connectivity index (χ4n) is 4.36. The second kappa shape index (κ2) is 8.55. The van der Waals surface area contributed by atoms with E-state index in [4.69, 9.17) is 4.74 Å². The zero-order valence-electron chi connectivity index (χ0n) is 20.3. The van der Waals surface area contributed by atoms with Crippen LogP contribution < -0.4 is 5.56 Å². The van der Waals surface area contributed by atoms with Gasteiger partial charge in [-0.2, -0.15) is 0 Å². The van der Waals surface area contributed by atoms with Gasteiger partial charge in [0.05, 0.1) is 17.4 Å². The third-order valence-corrected chi connectivity index (χ3v) is 5.93. The maximum Gasteiger partial charge on any atom is 0.419 e. The van der Waals surface area contributed by atoms with Crippen molar-refractivity contribution in [3.63, 3.8) is 0 Å². The molecule has 0 spiro atoms. The number of benzene rings is 2. The number of rotatable bonds is 3. The largest absolute Gasteiger partial charge is 0.443 e. The van der Waals surface area contributed by atoms with Gasteiger partial charge in [0, 0.05) is 35.2 Å². The Bertz CT molecular complexity index is 1620. The molecule has 0 amide bonds. The molecule has 5 aromatic rings. The van der Waals surface area contributed by atoms with Gasteiger partial charge in [-0.05, 0) is 62.4 Å². The summed E-state index contributed by atoms with van der Waals surface area (Å²) < 4.78 is 8.88. The summed E-state index contributed by atoms with van der Waals surface area (Å²) in [4.78, 5) is 31.0. The zero-order chi connectivity index (χ0) is 24.7. The van der Waals surface area contributed by atoms with Crippen LogP contribution in [0.3, 0.4) is 0 Å². The maximum atomic E-state index is 13.5. The molecule has 35 heavy (non-hydrogen) atoms. The zero-order valence-corrected chi connectivity index (χ0v) is 20.3. The van der Waals surface area contributed by atoms with Crippen LogP contribution in [-0.4, -0.2) is 25.8 Å². The van der Waals surface area contributed by atoms with Crippen molar-refractivity contribution in [3.8, 4) is 11.1 Å². The second-order valence-electron chi connectivity index (χ2n) is 9.78. The van der Waals surface area contributed by atoms with Gasteiger partial charge in [0.1, 0.15) is 5.60 Å². The lowest BCUT2D eigenvalue weighted by molar-refractivity contribution is 0.0540. The van der Waals surface area contributed by atoms with Crippen LogP contribution in [-0.2, 0) is 11.3 Å². The Labute approximate surface area is 203 Å². The van der Waals surface area contributed by atoms with Crippen molar-refractivity contribution in [2.75, 3.05) is 0 Å². The molecule has 0 fully saturated rings. The highest BCUT2D eigenvalue weighted by Crippen LogP contribution is 2.27. The fourth-order valence-corrected chi connectivity index (χ4v) is 4.36. The van der Waals surface area contributed by atoms with Crippen LogP contribution in [0.1, 0.15) is 32.0 Å². The second-order valence-corrected chi connectivity index (χ2v) is 9.78. The summed E-state index contributed by atoms with van der Waals surface area (Å²) in [6.07, 6.45) is 4.70. The predicted molar refractivity (Wildman–Crippen MR) is 139 cm³/mol. The topological polar surface area (TPSA) is 66.1 Å². The van der Waals surface area contributed by atoms with Gasteiger partial charge in [-0.3, -0.25) is 9.78 Å². The molecule has 5 rings (SSSR count). The molecular formula is C29H27N3O3. The summed E-state index contributed by atoms with van der Waals surface area (Å²) in [6.45, 7) is 7.72. The molecule has 6 heteroatoms. The molecule has 2 aromatic carbocycles. The highest BCUT2D eigenvalue weighted by Gasteiger charge is 2.23. The van der Waals surface area contributed by atoms with Gasteiger partial charge in [-0.1, -0.05) is 42.5 Å². The van der Waals surface area contributed by atoms with Crippen molar-refractivity contribution in [3.05, 3.63) is 101 Å². The van der Waals surface area contributed by atoms with Crippen molar-refractivity contribution >= 4 is 27.8 Å². The molecule has 0 radical (unpaired) electrons. The number of fused-ring (bicyclic) bond motifs is 2. The molecule has 0 aliphatic heterocycles. The Balaban J connectivity index is 1.62. The van der Waals surface area contributed by atoms with Gasteiger partial charge >= 0.3 is 6.09 Å². The standard InChI is InChI=1S/C29H27N3O3/c1-19-10-11-21-15-22(32(26(21)14-19)28(34)35-29(2,3)4)18-31-13-12-23-24(20-8-6-5-7-9-20)16-30-17-25(23)27(31)33/h5-17H,18H2,1-4H3. The highest BCUT2D eigenvalue weighted by atomic mass is 16.6. The Morgan fingerprint density at radius 2 is 1.74 bits per heavy atom. The number of nitrogens with zero attached hydrogens (tertiary/aromatic N) is 3. The number of pyridine rings is 2. The van der Waals surface area contributed by atoms with E-state index in [1.54, 1.807) is 27.7 Å². The smallest absolute Gasteiger partial charge is 0.419 e. The van der Waals surface area contributed by atoms with Gasteiger partial charge in [-0.15, -0.1) is 0 Å². The number of carbonyl (C=O) groups excluding carboxylic acids is 1. The van der Waals surface area contributed by atoms with E-state index >= 15 is 0 Å². The fraction of sp³-hybridized carbons (Fsp3) is 0.207. The lowest BCUT2D eigenvalue weighted by atomic mass is 10.0. The molecule has 0 bridgehead atoms. The first-order valence-corrected chi connectivity index (χ1v) is 11.6. The molecule has 6 nitrogen and oxygen atoms in total. The Hall–Kier alpha value is -4.19. The number of hydrogen-bond acceptors (Lipinski definition) is 4. The van der Waals surface area contributed by atoms with Crippen LogP contribution in [0.4, 0.5) is 4.79 Å². The summed E-state index contributed by atoms with van der Waals surface area (Å²) in [6, 6.07) is 19.7. The summed E-state index contributed by atoms with van der Waals surface area (Å²) >= 11 is 0. The first-order valence-electron chi connectivity index (χ1n) is 11.6. The van der Waals surface area contributed by atoms with Crippen LogP contribution in [0.2, 0.25) is 0 Å². The summed E-state index contributed by atoms with van der Waals surface area (Å²) in [5, 5.41) is 2.29. The minimum absolute atomic E-state index is 0.162. The third kappa shape index (κ3) is 4.35. The maximum absolute atomic E-state index is 13.5. The average molecular weight is 466 g/mol. The number of aryl methyl sites for hydroxylation is 1. The van der Waals surface area contributed by atoms with Crippen molar-refractivity contribution in [2.45, 2.75) is 39.8 Å². The van der Waals surface area contributed by atoms with Crippen LogP contribution in [0.25, 0.3) is 32.8 Å². The van der Waals surface area contributed by atoms with E-state index in [0.29, 0.717) is 11.1 Å². The summed E-state index contributed by atoms with van der Waals surface area (Å²) in [5.41, 5.74) is 3.58. The van der Waals surface area contributed by atoms with E-state index in [1.165, 1.54) is 0 Å². The van der Waals surface area contributed by atoms with Crippen molar-refractivity contribution in [1.82, 2.24) is 14.1 Å². The van der Waals surface area contributed by atoms with Crippen LogP contribution >= 0.6 is 0 Å². The molecule has 0 aliphatic rings. The predicted octanol–water partition coefficient (Wildman–Crippen LogP) is 6.16. The van der Waals surface area contributed by atoms with E-state index in [-0.39, 0.29) is 12.1 Å². The summed E-state index contributed by atoms with van der Waals surface area (Å²) in [5.74, 6) is 0. The number of ether oxygens (including phenoxy) is 1. The molecular weight excluding hydrogens is 438 g/mol. The lowest BCUT2D eigenvalue weighted by Gasteiger charge is -2.21. The molecule has 0 N–H and O–H groups in total. The average Bonchev–Trinajstić information content (AvgIpc) is 3.17. The lowest BCUT2D eigenvalue weighted by Crippen LogP contribution is -2.29. The SMILES string of the molecule is Cc1ccc2cc(Cn3ccc4c(-c5ccccc5)cncc4c3=O)n(C(=O)OC(C)(C)C)c2c1.